The van der Waals surface area contributed by atoms with Gasteiger partial charge in [0, 0.05) is 11.1 Å². The third kappa shape index (κ3) is 2.58. The summed E-state index contributed by atoms with van der Waals surface area (Å²) in [5.74, 6) is 1.26. The van der Waals surface area contributed by atoms with Crippen molar-refractivity contribution in [2.45, 2.75) is 19.3 Å². The van der Waals surface area contributed by atoms with E-state index in [4.69, 9.17) is 0 Å². The minimum Gasteiger partial charge on any atom is -0.396 e. The molecule has 0 bridgehead atoms. The summed E-state index contributed by atoms with van der Waals surface area (Å²) in [6.07, 6.45) is 3.64. The number of aliphatic hydroxyl groups excluding tert-OH is 1. The second-order valence-electron chi connectivity index (χ2n) is 4.11. The first-order chi connectivity index (χ1) is 6.79. The number of halogens is 1. The molecule has 0 saturated heterocycles. The molecular weight excluding hydrogens is 240 g/mol. The molecule has 0 aromatic heterocycles. The largest absolute Gasteiger partial charge is 0.396 e. The van der Waals surface area contributed by atoms with Crippen molar-refractivity contribution in [1.29, 1.82) is 0 Å². The molecule has 1 aromatic carbocycles. The highest BCUT2D eigenvalue weighted by molar-refractivity contribution is 9.10. The Morgan fingerprint density at radius 1 is 1.29 bits per heavy atom. The Kier molecular flexibility index (Phi) is 3.24. The first-order valence-electron chi connectivity index (χ1n) is 5.15. The Hall–Kier alpha value is -0.340. The quantitative estimate of drug-likeness (QED) is 0.876. The van der Waals surface area contributed by atoms with Gasteiger partial charge >= 0.3 is 0 Å². The molecule has 76 valence electrons. The maximum Gasteiger partial charge on any atom is 0.0465 e. The SMILES string of the molecule is OCC(Cc1ccc(Br)cc1)C1CC1. The third-order valence-corrected chi connectivity index (χ3v) is 3.46. The van der Waals surface area contributed by atoms with Gasteiger partial charge in [0.1, 0.15) is 0 Å². The molecule has 1 nitrogen and oxygen atoms in total. The van der Waals surface area contributed by atoms with Crippen molar-refractivity contribution in [2.24, 2.45) is 11.8 Å². The number of benzene rings is 1. The molecule has 0 radical (unpaired) electrons. The third-order valence-electron chi connectivity index (χ3n) is 2.93. The molecule has 1 aliphatic carbocycles. The Balaban J connectivity index is 1.98. The molecule has 14 heavy (non-hydrogen) atoms. The van der Waals surface area contributed by atoms with Crippen molar-refractivity contribution >= 4 is 15.9 Å². The van der Waals surface area contributed by atoms with Crippen LogP contribution in [0.1, 0.15) is 18.4 Å². The molecule has 1 saturated carbocycles. The Labute approximate surface area is 93.3 Å². The van der Waals surface area contributed by atoms with Gasteiger partial charge in [-0.15, -0.1) is 0 Å². The molecule has 2 rings (SSSR count). The average Bonchev–Trinajstić information content (AvgIpc) is 3.01. The van der Waals surface area contributed by atoms with E-state index in [9.17, 15) is 5.11 Å². The van der Waals surface area contributed by atoms with E-state index in [-0.39, 0.29) is 0 Å². The number of rotatable bonds is 4. The molecule has 1 aromatic rings. The highest BCUT2D eigenvalue weighted by atomic mass is 79.9. The van der Waals surface area contributed by atoms with E-state index in [1.807, 2.05) is 0 Å². The van der Waals surface area contributed by atoms with Crippen molar-refractivity contribution in [3.63, 3.8) is 0 Å². The number of aliphatic hydroxyl groups is 1. The van der Waals surface area contributed by atoms with Gasteiger partial charge in [0.05, 0.1) is 0 Å². The highest BCUT2D eigenvalue weighted by Crippen LogP contribution is 2.38. The normalized spacial score (nSPS) is 18.1. The second-order valence-corrected chi connectivity index (χ2v) is 5.03. The van der Waals surface area contributed by atoms with Crippen LogP contribution in [0, 0.1) is 11.8 Å². The summed E-state index contributed by atoms with van der Waals surface area (Å²) in [5, 5.41) is 9.24. The molecule has 0 amide bonds. The second kappa shape index (κ2) is 4.45. The van der Waals surface area contributed by atoms with Gasteiger partial charge in [0.25, 0.3) is 0 Å². The fourth-order valence-electron chi connectivity index (χ4n) is 1.87. The monoisotopic (exact) mass is 254 g/mol. The molecule has 0 spiro atoms. The summed E-state index contributed by atoms with van der Waals surface area (Å²) in [7, 11) is 0. The standard InChI is InChI=1S/C12H15BrO/c13-12-5-1-9(2-6-12)7-11(8-14)10-3-4-10/h1-2,5-6,10-11,14H,3-4,7-8H2. The van der Waals surface area contributed by atoms with Crippen LogP contribution in [0.2, 0.25) is 0 Å². The van der Waals surface area contributed by atoms with Gasteiger partial charge in [-0.1, -0.05) is 28.1 Å². The van der Waals surface area contributed by atoms with E-state index in [0.717, 1.165) is 16.8 Å². The van der Waals surface area contributed by atoms with Gasteiger partial charge in [-0.05, 0) is 48.8 Å². The van der Waals surface area contributed by atoms with Gasteiger partial charge in [-0.2, -0.15) is 0 Å². The van der Waals surface area contributed by atoms with Crippen LogP contribution in [0.25, 0.3) is 0 Å². The van der Waals surface area contributed by atoms with E-state index in [1.54, 1.807) is 0 Å². The predicted molar refractivity (Wildman–Crippen MR) is 61.1 cm³/mol. The molecule has 1 aliphatic rings. The van der Waals surface area contributed by atoms with Crippen LogP contribution in [0.3, 0.4) is 0 Å². The van der Waals surface area contributed by atoms with Gasteiger partial charge in [-0.3, -0.25) is 0 Å². The lowest BCUT2D eigenvalue weighted by atomic mass is 9.96. The smallest absolute Gasteiger partial charge is 0.0465 e. The first kappa shape index (κ1) is 10.2. The lowest BCUT2D eigenvalue weighted by Crippen LogP contribution is -2.11. The fourth-order valence-corrected chi connectivity index (χ4v) is 2.14. The summed E-state index contributed by atoms with van der Waals surface area (Å²) < 4.78 is 1.12. The van der Waals surface area contributed by atoms with E-state index >= 15 is 0 Å². The maximum atomic E-state index is 9.24. The van der Waals surface area contributed by atoms with Gasteiger partial charge in [0.2, 0.25) is 0 Å². The Morgan fingerprint density at radius 3 is 2.43 bits per heavy atom. The summed E-state index contributed by atoms with van der Waals surface area (Å²) in [6, 6.07) is 8.40. The molecule has 1 fully saturated rings. The minimum atomic E-state index is 0.334. The number of hydrogen-bond acceptors (Lipinski definition) is 1. The average molecular weight is 255 g/mol. The molecule has 2 heteroatoms. The van der Waals surface area contributed by atoms with Crippen LogP contribution in [0.4, 0.5) is 0 Å². The van der Waals surface area contributed by atoms with Gasteiger partial charge in [-0.25, -0.2) is 0 Å². The van der Waals surface area contributed by atoms with Crippen molar-refractivity contribution < 1.29 is 5.11 Å². The highest BCUT2D eigenvalue weighted by Gasteiger charge is 2.30. The molecule has 1 N–H and O–H groups in total. The predicted octanol–water partition coefficient (Wildman–Crippen LogP) is 3.01. The van der Waals surface area contributed by atoms with Crippen LogP contribution < -0.4 is 0 Å². The molecule has 1 atom stereocenters. The lowest BCUT2D eigenvalue weighted by Gasteiger charge is -2.12. The van der Waals surface area contributed by atoms with Crippen molar-refractivity contribution in [1.82, 2.24) is 0 Å². The zero-order chi connectivity index (χ0) is 9.97. The van der Waals surface area contributed by atoms with Crippen LogP contribution in [-0.4, -0.2) is 11.7 Å². The summed E-state index contributed by atoms with van der Waals surface area (Å²) in [5.41, 5.74) is 1.33. The Bertz CT molecular complexity index is 290. The van der Waals surface area contributed by atoms with Crippen LogP contribution >= 0.6 is 15.9 Å². The Morgan fingerprint density at radius 2 is 1.93 bits per heavy atom. The van der Waals surface area contributed by atoms with Crippen molar-refractivity contribution in [2.75, 3.05) is 6.61 Å². The van der Waals surface area contributed by atoms with Gasteiger partial charge < -0.3 is 5.11 Å². The zero-order valence-corrected chi connectivity index (χ0v) is 9.70. The van der Waals surface area contributed by atoms with E-state index in [0.29, 0.717) is 12.5 Å². The molecule has 0 aliphatic heterocycles. The summed E-state index contributed by atoms with van der Waals surface area (Å²) in [4.78, 5) is 0. The van der Waals surface area contributed by atoms with Crippen LogP contribution in [0.15, 0.2) is 28.7 Å². The maximum absolute atomic E-state index is 9.24. The van der Waals surface area contributed by atoms with Crippen LogP contribution in [-0.2, 0) is 6.42 Å². The van der Waals surface area contributed by atoms with Crippen molar-refractivity contribution in [3.05, 3.63) is 34.3 Å². The van der Waals surface area contributed by atoms with Crippen molar-refractivity contribution in [3.8, 4) is 0 Å². The minimum absolute atomic E-state index is 0.334. The van der Waals surface area contributed by atoms with E-state index < -0.39 is 0 Å². The fraction of sp³-hybridized carbons (Fsp3) is 0.500. The number of hydrogen-bond donors (Lipinski definition) is 1. The van der Waals surface area contributed by atoms with E-state index in [1.165, 1.54) is 18.4 Å². The summed E-state index contributed by atoms with van der Waals surface area (Å²) >= 11 is 3.42. The molecule has 0 heterocycles. The lowest BCUT2D eigenvalue weighted by molar-refractivity contribution is 0.209. The van der Waals surface area contributed by atoms with E-state index in [2.05, 4.69) is 40.2 Å². The zero-order valence-electron chi connectivity index (χ0n) is 8.12. The summed E-state index contributed by atoms with van der Waals surface area (Å²) in [6.45, 7) is 0.334. The first-order valence-corrected chi connectivity index (χ1v) is 5.94. The van der Waals surface area contributed by atoms with Gasteiger partial charge in [0.15, 0.2) is 0 Å². The van der Waals surface area contributed by atoms with Crippen LogP contribution in [0.5, 0.6) is 0 Å². The molecule has 1 unspecified atom stereocenters. The topological polar surface area (TPSA) is 20.2 Å². The molecular formula is C12H15BrO.